The predicted octanol–water partition coefficient (Wildman–Crippen LogP) is 0.843. The van der Waals surface area contributed by atoms with E-state index >= 15 is 0 Å². The van der Waals surface area contributed by atoms with Crippen LogP contribution >= 0.6 is 0 Å². The Kier molecular flexibility index (Phi) is 4.49. The molecule has 108 valence electrons. The van der Waals surface area contributed by atoms with Crippen LogP contribution in [0, 0.1) is 0 Å². The van der Waals surface area contributed by atoms with Gasteiger partial charge in [-0.15, -0.1) is 0 Å². The minimum Gasteiger partial charge on any atom is -0.476 e. The van der Waals surface area contributed by atoms with Crippen molar-refractivity contribution in [1.82, 2.24) is 15.1 Å². The Balaban J connectivity index is 1.99. The smallest absolute Gasteiger partial charge is 0.356 e. The maximum atomic E-state index is 11.9. The Bertz CT molecular complexity index is 518. The number of aldehydes is 1. The lowest BCUT2D eigenvalue weighted by molar-refractivity contribution is -0.122. The van der Waals surface area contributed by atoms with Crippen molar-refractivity contribution < 1.29 is 19.5 Å². The third-order valence-electron chi connectivity index (χ3n) is 3.41. The van der Waals surface area contributed by atoms with Crippen LogP contribution in [0.5, 0.6) is 0 Å². The van der Waals surface area contributed by atoms with Crippen molar-refractivity contribution in [3.63, 3.8) is 0 Å². The lowest BCUT2D eigenvalue weighted by Crippen LogP contribution is -2.38. The van der Waals surface area contributed by atoms with E-state index in [4.69, 9.17) is 5.11 Å². The number of carbonyl (C=O) groups excluding carboxylic acids is 2. The number of nitrogens with one attached hydrogen (secondary N) is 1. The van der Waals surface area contributed by atoms with Crippen LogP contribution in [-0.2, 0) is 11.3 Å². The first-order chi connectivity index (χ1) is 9.60. The Hall–Kier alpha value is -2.18. The van der Waals surface area contributed by atoms with E-state index in [1.165, 1.54) is 6.42 Å². The van der Waals surface area contributed by atoms with Crippen molar-refractivity contribution in [1.29, 1.82) is 0 Å². The van der Waals surface area contributed by atoms with Gasteiger partial charge in [-0.05, 0) is 12.8 Å². The normalized spacial score (nSPS) is 15.8. The van der Waals surface area contributed by atoms with Crippen LogP contribution in [0.4, 0.5) is 0 Å². The minimum atomic E-state index is -1.22. The summed E-state index contributed by atoms with van der Waals surface area (Å²) in [6, 6.07) is 1.33. The molecule has 0 bridgehead atoms. The van der Waals surface area contributed by atoms with Gasteiger partial charge in [0.1, 0.15) is 12.2 Å². The largest absolute Gasteiger partial charge is 0.476 e. The maximum Gasteiger partial charge on any atom is 0.356 e. The van der Waals surface area contributed by atoms with Gasteiger partial charge < -0.3 is 10.4 Å². The number of carbonyl (C=O) groups is 3. The van der Waals surface area contributed by atoms with E-state index in [-0.39, 0.29) is 29.9 Å². The summed E-state index contributed by atoms with van der Waals surface area (Å²) in [6.07, 6.45) is 5.83. The van der Waals surface area contributed by atoms with Gasteiger partial charge in [-0.25, -0.2) is 4.79 Å². The van der Waals surface area contributed by atoms with E-state index in [2.05, 4.69) is 10.4 Å². The van der Waals surface area contributed by atoms with E-state index in [1.807, 2.05) is 0 Å². The summed E-state index contributed by atoms with van der Waals surface area (Å²) >= 11 is 0. The van der Waals surface area contributed by atoms with Crippen LogP contribution in [0.15, 0.2) is 6.07 Å². The van der Waals surface area contributed by atoms with Gasteiger partial charge in [0.2, 0.25) is 5.91 Å². The molecule has 0 aromatic carbocycles. The molecule has 7 nitrogen and oxygen atoms in total. The third-order valence-corrected chi connectivity index (χ3v) is 3.41. The minimum absolute atomic E-state index is 0.0844. The van der Waals surface area contributed by atoms with E-state index in [1.54, 1.807) is 0 Å². The molecule has 1 aliphatic carbocycles. The number of aromatic nitrogens is 2. The number of hydrogen-bond donors (Lipinski definition) is 2. The molecule has 1 amide bonds. The maximum absolute atomic E-state index is 11.9. The molecule has 7 heteroatoms. The molecule has 2 rings (SSSR count). The monoisotopic (exact) mass is 279 g/mol. The van der Waals surface area contributed by atoms with Gasteiger partial charge in [0.15, 0.2) is 12.0 Å². The molecule has 1 fully saturated rings. The number of carboxylic acid groups (broad SMARTS) is 1. The molecular formula is C13H17N3O4. The Morgan fingerprint density at radius 1 is 1.40 bits per heavy atom. The van der Waals surface area contributed by atoms with Gasteiger partial charge in [0.25, 0.3) is 0 Å². The van der Waals surface area contributed by atoms with Gasteiger partial charge in [0.05, 0.1) is 0 Å². The zero-order chi connectivity index (χ0) is 14.5. The molecule has 1 saturated carbocycles. The van der Waals surface area contributed by atoms with E-state index in [9.17, 15) is 14.4 Å². The molecule has 0 spiro atoms. The number of nitrogens with zero attached hydrogens (tertiary/aromatic N) is 2. The summed E-state index contributed by atoms with van der Waals surface area (Å²) in [6.45, 7) is -0.141. The topological polar surface area (TPSA) is 101 Å². The molecule has 1 heterocycles. The molecule has 0 atom stereocenters. The quantitative estimate of drug-likeness (QED) is 0.778. The highest BCUT2D eigenvalue weighted by Crippen LogP contribution is 2.17. The number of rotatable bonds is 5. The number of carboxylic acids is 1. The number of amides is 1. The fourth-order valence-electron chi connectivity index (χ4n) is 2.41. The SMILES string of the molecule is O=Cc1cc(C(=O)O)nn1CC(=O)NC1CCCCC1. The van der Waals surface area contributed by atoms with Crippen molar-refractivity contribution >= 4 is 18.2 Å². The molecular weight excluding hydrogens is 262 g/mol. The summed E-state index contributed by atoms with van der Waals surface area (Å²) < 4.78 is 1.12. The standard InChI is InChI=1S/C13H17N3O4/c17-8-10-6-11(13(19)20)15-16(10)7-12(18)14-9-4-2-1-3-5-9/h6,8-9H,1-5,7H2,(H,14,18)(H,19,20). The zero-order valence-electron chi connectivity index (χ0n) is 11.0. The second-order valence-corrected chi connectivity index (χ2v) is 4.94. The summed E-state index contributed by atoms with van der Waals surface area (Å²) in [4.78, 5) is 33.5. The van der Waals surface area contributed by atoms with Crippen LogP contribution in [0.2, 0.25) is 0 Å². The summed E-state index contributed by atoms with van der Waals surface area (Å²) in [7, 11) is 0. The highest BCUT2D eigenvalue weighted by molar-refractivity contribution is 5.88. The first-order valence-electron chi connectivity index (χ1n) is 6.66. The van der Waals surface area contributed by atoms with Gasteiger partial charge in [-0.3, -0.25) is 14.3 Å². The van der Waals surface area contributed by atoms with E-state index in [0.717, 1.165) is 36.4 Å². The van der Waals surface area contributed by atoms with Crippen molar-refractivity contribution in [2.75, 3.05) is 0 Å². The van der Waals surface area contributed by atoms with Crippen molar-refractivity contribution in [2.24, 2.45) is 0 Å². The van der Waals surface area contributed by atoms with Crippen molar-refractivity contribution in [3.8, 4) is 0 Å². The average Bonchev–Trinajstić information content (AvgIpc) is 2.83. The molecule has 1 aliphatic rings. The molecule has 0 aliphatic heterocycles. The summed E-state index contributed by atoms with van der Waals surface area (Å²) in [5.41, 5.74) is -0.154. The van der Waals surface area contributed by atoms with Gasteiger partial charge >= 0.3 is 5.97 Å². The first kappa shape index (κ1) is 14.2. The molecule has 2 N–H and O–H groups in total. The predicted molar refractivity (Wildman–Crippen MR) is 69.6 cm³/mol. The number of hydrogen-bond acceptors (Lipinski definition) is 4. The lowest BCUT2D eigenvalue weighted by Gasteiger charge is -2.22. The zero-order valence-corrected chi connectivity index (χ0v) is 11.0. The van der Waals surface area contributed by atoms with Gasteiger partial charge in [0, 0.05) is 12.1 Å². The van der Waals surface area contributed by atoms with Crippen LogP contribution in [0.25, 0.3) is 0 Å². The Labute approximate surface area is 116 Å². The van der Waals surface area contributed by atoms with Crippen molar-refractivity contribution in [3.05, 3.63) is 17.5 Å². The molecule has 0 saturated heterocycles. The van der Waals surface area contributed by atoms with Crippen LogP contribution in [0.3, 0.4) is 0 Å². The summed E-state index contributed by atoms with van der Waals surface area (Å²) in [5, 5.41) is 15.5. The Morgan fingerprint density at radius 3 is 2.70 bits per heavy atom. The molecule has 1 aromatic rings. The second kappa shape index (κ2) is 6.31. The van der Waals surface area contributed by atoms with Crippen molar-refractivity contribution in [2.45, 2.75) is 44.7 Å². The van der Waals surface area contributed by atoms with Crippen LogP contribution in [0.1, 0.15) is 53.1 Å². The fraction of sp³-hybridized carbons (Fsp3) is 0.538. The highest BCUT2D eigenvalue weighted by atomic mass is 16.4. The number of aromatic carboxylic acids is 1. The highest BCUT2D eigenvalue weighted by Gasteiger charge is 2.18. The fourth-order valence-corrected chi connectivity index (χ4v) is 2.41. The van der Waals surface area contributed by atoms with E-state index in [0.29, 0.717) is 6.29 Å². The van der Waals surface area contributed by atoms with E-state index < -0.39 is 5.97 Å². The van der Waals surface area contributed by atoms with Crippen LogP contribution in [-0.4, -0.2) is 39.1 Å². The molecule has 20 heavy (non-hydrogen) atoms. The first-order valence-corrected chi connectivity index (χ1v) is 6.66. The average molecular weight is 279 g/mol. The summed E-state index contributed by atoms with van der Waals surface area (Å²) in [5.74, 6) is -1.47. The molecule has 1 aromatic heterocycles. The van der Waals surface area contributed by atoms with Gasteiger partial charge in [-0.2, -0.15) is 5.10 Å². The second-order valence-electron chi connectivity index (χ2n) is 4.94. The lowest BCUT2D eigenvalue weighted by atomic mass is 9.95. The van der Waals surface area contributed by atoms with Gasteiger partial charge in [-0.1, -0.05) is 19.3 Å². The molecule has 0 radical (unpaired) electrons. The van der Waals surface area contributed by atoms with Crippen LogP contribution < -0.4 is 5.32 Å². The Morgan fingerprint density at radius 2 is 2.10 bits per heavy atom. The molecule has 0 unspecified atom stereocenters. The third kappa shape index (κ3) is 3.43.